The van der Waals surface area contributed by atoms with Crippen LogP contribution in [0.25, 0.3) is 0 Å². The molecule has 1 rings (SSSR count). The molecule has 1 N–H and O–H groups in total. The van der Waals surface area contributed by atoms with Gasteiger partial charge in [0.2, 0.25) is 0 Å². The van der Waals surface area contributed by atoms with Crippen LogP contribution >= 0.6 is 0 Å². The van der Waals surface area contributed by atoms with Gasteiger partial charge in [0, 0.05) is 25.2 Å². The molecule has 0 bridgehead atoms. The van der Waals surface area contributed by atoms with Crippen LogP contribution in [0, 0.1) is 0 Å². The van der Waals surface area contributed by atoms with Crippen LogP contribution in [0.2, 0.25) is 0 Å². The molecule has 0 amide bonds. The van der Waals surface area contributed by atoms with Gasteiger partial charge in [0.05, 0.1) is 0 Å². The van der Waals surface area contributed by atoms with Gasteiger partial charge in [-0.05, 0) is 25.8 Å². The van der Waals surface area contributed by atoms with Gasteiger partial charge in [-0.1, -0.05) is 27.2 Å². The van der Waals surface area contributed by atoms with Gasteiger partial charge in [0.1, 0.15) is 0 Å². The maximum Gasteiger partial charge on any atom is 0.0110 e. The second-order valence-electron chi connectivity index (χ2n) is 4.70. The van der Waals surface area contributed by atoms with E-state index in [4.69, 9.17) is 0 Å². The molecular weight excluding hydrogens is 172 g/mol. The van der Waals surface area contributed by atoms with Crippen LogP contribution in [-0.4, -0.2) is 36.6 Å². The quantitative estimate of drug-likeness (QED) is 0.729. The minimum atomic E-state index is 0.625. The fourth-order valence-corrected chi connectivity index (χ4v) is 2.31. The smallest absolute Gasteiger partial charge is 0.0110 e. The molecule has 1 saturated heterocycles. The van der Waals surface area contributed by atoms with E-state index in [0.29, 0.717) is 6.04 Å². The maximum absolute atomic E-state index is 3.50. The van der Waals surface area contributed by atoms with Crippen LogP contribution in [0.1, 0.15) is 46.5 Å². The van der Waals surface area contributed by atoms with Gasteiger partial charge in [0.25, 0.3) is 0 Å². The Kier molecular flexibility index (Phi) is 5.49. The lowest BCUT2D eigenvalue weighted by Crippen LogP contribution is -2.43. The molecule has 0 aromatic carbocycles. The van der Waals surface area contributed by atoms with Crippen LogP contribution < -0.4 is 5.32 Å². The predicted octanol–water partition coefficient (Wildman–Crippen LogP) is 2.25. The number of nitrogens with one attached hydrogen (secondary N) is 1. The summed E-state index contributed by atoms with van der Waals surface area (Å²) < 4.78 is 0. The van der Waals surface area contributed by atoms with E-state index in [9.17, 15) is 0 Å². The summed E-state index contributed by atoms with van der Waals surface area (Å²) >= 11 is 0. The molecule has 1 fully saturated rings. The Morgan fingerprint density at radius 2 is 2.14 bits per heavy atom. The summed E-state index contributed by atoms with van der Waals surface area (Å²) in [6.07, 6.45) is 5.57. The van der Waals surface area contributed by atoms with E-state index in [-0.39, 0.29) is 0 Å². The first-order valence-corrected chi connectivity index (χ1v) is 6.21. The van der Waals surface area contributed by atoms with Crippen molar-refractivity contribution >= 4 is 0 Å². The summed E-state index contributed by atoms with van der Waals surface area (Å²) in [5.41, 5.74) is 0. The van der Waals surface area contributed by atoms with Gasteiger partial charge in [-0.25, -0.2) is 0 Å². The Morgan fingerprint density at radius 3 is 2.79 bits per heavy atom. The summed E-state index contributed by atoms with van der Waals surface area (Å²) in [5, 5.41) is 3.50. The summed E-state index contributed by atoms with van der Waals surface area (Å²) in [5.74, 6) is 0. The summed E-state index contributed by atoms with van der Waals surface area (Å²) in [7, 11) is 0. The molecule has 14 heavy (non-hydrogen) atoms. The summed E-state index contributed by atoms with van der Waals surface area (Å²) in [4.78, 5) is 2.67. The van der Waals surface area contributed by atoms with Gasteiger partial charge in [0.15, 0.2) is 0 Å². The Bertz CT molecular complexity index is 145. The van der Waals surface area contributed by atoms with Crippen LogP contribution in [-0.2, 0) is 0 Å². The number of nitrogens with zero attached hydrogens (tertiary/aromatic N) is 1. The maximum atomic E-state index is 3.50. The van der Waals surface area contributed by atoms with E-state index in [0.717, 1.165) is 12.6 Å². The normalized spacial score (nSPS) is 24.4. The highest BCUT2D eigenvalue weighted by Gasteiger charge is 2.19. The summed E-state index contributed by atoms with van der Waals surface area (Å²) in [6, 6.07) is 1.48. The molecule has 0 spiro atoms. The Hall–Kier alpha value is -0.0800. The van der Waals surface area contributed by atoms with Crippen molar-refractivity contribution in [1.82, 2.24) is 10.2 Å². The van der Waals surface area contributed by atoms with Crippen molar-refractivity contribution in [1.29, 1.82) is 0 Å². The molecule has 2 nitrogen and oxygen atoms in total. The van der Waals surface area contributed by atoms with E-state index in [1.807, 2.05) is 0 Å². The van der Waals surface area contributed by atoms with Gasteiger partial charge in [-0.2, -0.15) is 0 Å². The molecule has 0 radical (unpaired) electrons. The number of hydrogen-bond donors (Lipinski definition) is 1. The second-order valence-corrected chi connectivity index (χ2v) is 4.70. The molecule has 1 aliphatic rings. The molecule has 0 aromatic rings. The zero-order chi connectivity index (χ0) is 10.4. The van der Waals surface area contributed by atoms with E-state index in [1.54, 1.807) is 0 Å². The third-order valence-corrected chi connectivity index (χ3v) is 3.17. The highest BCUT2D eigenvalue weighted by Crippen LogP contribution is 2.18. The SMILES string of the molecule is CC[C@@H]1CCCCN1CCNC(C)C. The molecule has 0 aromatic heterocycles. The average molecular weight is 198 g/mol. The number of likely N-dealkylation sites (tertiary alicyclic amines) is 1. The highest BCUT2D eigenvalue weighted by molar-refractivity contribution is 4.76. The molecule has 1 atom stereocenters. The molecule has 0 unspecified atom stereocenters. The second kappa shape index (κ2) is 6.41. The van der Waals surface area contributed by atoms with Gasteiger partial charge >= 0.3 is 0 Å². The monoisotopic (exact) mass is 198 g/mol. The third-order valence-electron chi connectivity index (χ3n) is 3.17. The van der Waals surface area contributed by atoms with Crippen molar-refractivity contribution in [2.45, 2.75) is 58.5 Å². The van der Waals surface area contributed by atoms with Crippen molar-refractivity contribution in [3.05, 3.63) is 0 Å². The van der Waals surface area contributed by atoms with Crippen molar-refractivity contribution in [3.63, 3.8) is 0 Å². The van der Waals surface area contributed by atoms with Crippen molar-refractivity contribution in [2.75, 3.05) is 19.6 Å². The van der Waals surface area contributed by atoms with Crippen LogP contribution in [0.3, 0.4) is 0 Å². The fraction of sp³-hybridized carbons (Fsp3) is 1.00. The Balaban J connectivity index is 2.19. The van der Waals surface area contributed by atoms with Crippen LogP contribution in [0.5, 0.6) is 0 Å². The van der Waals surface area contributed by atoms with E-state index < -0.39 is 0 Å². The molecule has 2 heteroatoms. The standard InChI is InChI=1S/C12H26N2/c1-4-12-7-5-6-9-14(12)10-8-13-11(2)3/h11-13H,4-10H2,1-3H3/t12-/m1/s1. The van der Waals surface area contributed by atoms with Crippen LogP contribution in [0.4, 0.5) is 0 Å². The lowest BCUT2D eigenvalue weighted by Gasteiger charge is -2.35. The van der Waals surface area contributed by atoms with Crippen molar-refractivity contribution < 1.29 is 0 Å². The lowest BCUT2D eigenvalue weighted by atomic mass is 10.0. The van der Waals surface area contributed by atoms with Crippen LogP contribution in [0.15, 0.2) is 0 Å². The van der Waals surface area contributed by atoms with Gasteiger partial charge in [-0.3, -0.25) is 4.90 Å². The van der Waals surface area contributed by atoms with E-state index >= 15 is 0 Å². The zero-order valence-electron chi connectivity index (χ0n) is 10.1. The largest absolute Gasteiger partial charge is 0.313 e. The number of piperidine rings is 1. The summed E-state index contributed by atoms with van der Waals surface area (Å²) in [6.45, 7) is 10.4. The predicted molar refractivity (Wildman–Crippen MR) is 62.6 cm³/mol. The first kappa shape index (κ1) is 12.0. The van der Waals surface area contributed by atoms with Crippen molar-refractivity contribution in [2.24, 2.45) is 0 Å². The minimum Gasteiger partial charge on any atom is -0.313 e. The molecule has 1 heterocycles. The topological polar surface area (TPSA) is 15.3 Å². The van der Waals surface area contributed by atoms with E-state index in [1.165, 1.54) is 38.8 Å². The Labute approximate surface area is 89.1 Å². The van der Waals surface area contributed by atoms with E-state index in [2.05, 4.69) is 31.0 Å². The first-order chi connectivity index (χ1) is 6.74. The number of rotatable bonds is 5. The first-order valence-electron chi connectivity index (χ1n) is 6.21. The fourth-order valence-electron chi connectivity index (χ4n) is 2.31. The molecule has 84 valence electrons. The van der Waals surface area contributed by atoms with Gasteiger partial charge in [-0.15, -0.1) is 0 Å². The third kappa shape index (κ3) is 3.97. The molecular formula is C12H26N2. The molecule has 0 saturated carbocycles. The van der Waals surface area contributed by atoms with Gasteiger partial charge < -0.3 is 5.32 Å². The number of hydrogen-bond acceptors (Lipinski definition) is 2. The minimum absolute atomic E-state index is 0.625. The Morgan fingerprint density at radius 1 is 1.36 bits per heavy atom. The zero-order valence-corrected chi connectivity index (χ0v) is 10.1. The van der Waals surface area contributed by atoms with Crippen molar-refractivity contribution in [3.8, 4) is 0 Å². The average Bonchev–Trinajstić information content (AvgIpc) is 2.18. The highest BCUT2D eigenvalue weighted by atomic mass is 15.2. The molecule has 0 aliphatic carbocycles. The lowest BCUT2D eigenvalue weighted by molar-refractivity contribution is 0.144. The molecule has 1 aliphatic heterocycles.